The van der Waals surface area contributed by atoms with Gasteiger partial charge >= 0.3 is 0 Å². The van der Waals surface area contributed by atoms with E-state index in [1.165, 1.54) is 6.07 Å². The Morgan fingerprint density at radius 3 is 2.81 bits per heavy atom. The van der Waals surface area contributed by atoms with Crippen molar-refractivity contribution in [1.29, 1.82) is 0 Å². The van der Waals surface area contributed by atoms with E-state index in [-0.39, 0.29) is 18.1 Å². The van der Waals surface area contributed by atoms with E-state index in [1.807, 2.05) is 23.4 Å². The molecular formula is C20H22ClFN4O. The van der Waals surface area contributed by atoms with Crippen LogP contribution in [0.5, 0.6) is 0 Å². The van der Waals surface area contributed by atoms with Gasteiger partial charge in [0.25, 0.3) is 0 Å². The van der Waals surface area contributed by atoms with E-state index in [9.17, 15) is 9.18 Å². The Hall–Kier alpha value is -2.44. The summed E-state index contributed by atoms with van der Waals surface area (Å²) in [6, 6.07) is 10.1. The third-order valence-electron chi connectivity index (χ3n) is 4.41. The zero-order valence-corrected chi connectivity index (χ0v) is 16.1. The van der Waals surface area contributed by atoms with Gasteiger partial charge < -0.3 is 14.6 Å². The summed E-state index contributed by atoms with van der Waals surface area (Å²) in [4.78, 5) is 18.9. The molecule has 1 amide bonds. The lowest BCUT2D eigenvalue weighted by Crippen LogP contribution is -2.32. The molecule has 0 saturated heterocycles. The van der Waals surface area contributed by atoms with Gasteiger partial charge in [-0.05, 0) is 37.9 Å². The first-order valence-electron chi connectivity index (χ1n) is 8.74. The van der Waals surface area contributed by atoms with Crippen molar-refractivity contribution in [2.24, 2.45) is 0 Å². The van der Waals surface area contributed by atoms with Gasteiger partial charge in [-0.15, -0.1) is 0 Å². The highest BCUT2D eigenvalue weighted by Crippen LogP contribution is 2.31. The third kappa shape index (κ3) is 4.64. The van der Waals surface area contributed by atoms with Gasteiger partial charge in [0.2, 0.25) is 5.91 Å². The zero-order valence-electron chi connectivity index (χ0n) is 15.3. The van der Waals surface area contributed by atoms with E-state index in [4.69, 9.17) is 11.6 Å². The number of benzene rings is 1. The van der Waals surface area contributed by atoms with Crippen LogP contribution >= 0.6 is 11.6 Å². The summed E-state index contributed by atoms with van der Waals surface area (Å²) in [5.74, 6) is -0.957. The maximum absolute atomic E-state index is 14.5. The molecule has 3 aromatic rings. The monoisotopic (exact) mass is 388 g/mol. The van der Waals surface area contributed by atoms with Crippen molar-refractivity contribution < 1.29 is 9.18 Å². The van der Waals surface area contributed by atoms with Gasteiger partial charge in [-0.25, -0.2) is 9.37 Å². The normalized spacial score (nSPS) is 12.5. The number of carbonyl (C=O) groups is 1. The van der Waals surface area contributed by atoms with Crippen LogP contribution in [0, 0.1) is 5.82 Å². The summed E-state index contributed by atoms with van der Waals surface area (Å²) in [5.41, 5.74) is 1.88. The van der Waals surface area contributed by atoms with Crippen molar-refractivity contribution in [3.8, 4) is 0 Å². The molecule has 0 radical (unpaired) electrons. The molecule has 1 aromatic carbocycles. The Morgan fingerprint density at radius 1 is 1.30 bits per heavy atom. The van der Waals surface area contributed by atoms with Crippen LogP contribution in [0.2, 0.25) is 5.02 Å². The van der Waals surface area contributed by atoms with E-state index < -0.39 is 5.92 Å². The maximum atomic E-state index is 14.5. The number of aromatic nitrogens is 2. The van der Waals surface area contributed by atoms with Crippen LogP contribution in [-0.2, 0) is 4.79 Å². The average molecular weight is 389 g/mol. The number of nitrogens with zero attached hydrogens (tertiary/aromatic N) is 3. The van der Waals surface area contributed by atoms with Crippen molar-refractivity contribution in [2.45, 2.75) is 12.3 Å². The predicted molar refractivity (Wildman–Crippen MR) is 105 cm³/mol. The second-order valence-corrected chi connectivity index (χ2v) is 7.13. The van der Waals surface area contributed by atoms with Crippen LogP contribution in [0.4, 0.5) is 4.39 Å². The molecule has 0 bridgehead atoms. The molecule has 0 saturated carbocycles. The Morgan fingerprint density at radius 2 is 2.07 bits per heavy atom. The van der Waals surface area contributed by atoms with Crippen molar-refractivity contribution in [1.82, 2.24) is 19.6 Å². The number of amides is 1. The van der Waals surface area contributed by atoms with E-state index in [0.717, 1.165) is 12.2 Å². The molecule has 0 aliphatic carbocycles. The second kappa shape index (κ2) is 8.50. The Bertz CT molecular complexity index is 941. The fourth-order valence-electron chi connectivity index (χ4n) is 3.04. The van der Waals surface area contributed by atoms with Crippen LogP contribution in [-0.4, -0.2) is 47.4 Å². The van der Waals surface area contributed by atoms with E-state index in [1.54, 1.807) is 42.7 Å². The predicted octanol–water partition coefficient (Wildman–Crippen LogP) is 3.33. The highest BCUT2D eigenvalue weighted by molar-refractivity contribution is 6.30. The average Bonchev–Trinajstić information content (AvgIpc) is 3.03. The number of likely N-dealkylation sites (N-methyl/N-ethyl adjacent to an activating group) is 1. The van der Waals surface area contributed by atoms with Gasteiger partial charge in [-0.3, -0.25) is 4.79 Å². The zero-order chi connectivity index (χ0) is 19.4. The molecule has 142 valence electrons. The number of rotatable bonds is 7. The summed E-state index contributed by atoms with van der Waals surface area (Å²) in [7, 11) is 3.88. The van der Waals surface area contributed by atoms with Crippen molar-refractivity contribution in [3.05, 3.63) is 70.9 Å². The number of hydrogen-bond acceptors (Lipinski definition) is 3. The van der Waals surface area contributed by atoms with Crippen molar-refractivity contribution in [3.63, 3.8) is 0 Å². The lowest BCUT2D eigenvalue weighted by molar-refractivity contribution is -0.121. The molecule has 0 aliphatic rings. The summed E-state index contributed by atoms with van der Waals surface area (Å²) in [5, 5.41) is 3.44. The molecule has 7 heteroatoms. The highest BCUT2D eigenvalue weighted by atomic mass is 35.5. The van der Waals surface area contributed by atoms with Gasteiger partial charge in [-0.2, -0.15) is 0 Å². The molecule has 5 nitrogen and oxygen atoms in total. The molecule has 0 aliphatic heterocycles. The van der Waals surface area contributed by atoms with Crippen molar-refractivity contribution >= 4 is 23.2 Å². The molecule has 0 fully saturated rings. The molecule has 0 spiro atoms. The Kier molecular flexibility index (Phi) is 6.08. The number of hydrogen-bond donors (Lipinski definition) is 1. The van der Waals surface area contributed by atoms with E-state index >= 15 is 0 Å². The number of halogens is 2. The standard InChI is InChI=1S/C20H22ClFN4O/c1-25(2)10-9-23-20(27)11-16(15-5-3-4-6-17(15)22)18-12-24-19-8-7-14(21)13-26(18)19/h3-8,12-13,16H,9-11H2,1-2H3,(H,23,27). The van der Waals surface area contributed by atoms with E-state index in [2.05, 4.69) is 10.3 Å². The number of fused-ring (bicyclic) bond motifs is 1. The molecule has 1 unspecified atom stereocenters. The Balaban J connectivity index is 1.94. The van der Waals surface area contributed by atoms with Gasteiger partial charge in [0.05, 0.1) is 10.7 Å². The molecule has 2 aromatic heterocycles. The van der Waals surface area contributed by atoms with Crippen LogP contribution in [0.15, 0.2) is 48.8 Å². The van der Waals surface area contributed by atoms with Crippen LogP contribution < -0.4 is 5.32 Å². The van der Waals surface area contributed by atoms with Crippen LogP contribution in [0.3, 0.4) is 0 Å². The molecule has 1 atom stereocenters. The molecule has 1 N–H and O–H groups in total. The van der Waals surface area contributed by atoms with Crippen molar-refractivity contribution in [2.75, 3.05) is 27.2 Å². The van der Waals surface area contributed by atoms with Gasteiger partial charge in [0.1, 0.15) is 11.5 Å². The van der Waals surface area contributed by atoms with Gasteiger partial charge in [0, 0.05) is 37.8 Å². The summed E-state index contributed by atoms with van der Waals surface area (Å²) in [6.45, 7) is 1.27. The minimum absolute atomic E-state index is 0.120. The second-order valence-electron chi connectivity index (χ2n) is 6.69. The number of imidazole rings is 1. The first-order chi connectivity index (χ1) is 13.0. The summed E-state index contributed by atoms with van der Waals surface area (Å²) in [6.07, 6.45) is 3.53. The SMILES string of the molecule is CN(C)CCNC(=O)CC(c1ccccc1F)c1cnc2ccc(Cl)cn12. The molecule has 2 heterocycles. The molecule has 3 rings (SSSR count). The fraction of sp³-hybridized carbons (Fsp3) is 0.300. The smallest absolute Gasteiger partial charge is 0.221 e. The van der Waals surface area contributed by atoms with Crippen LogP contribution in [0.25, 0.3) is 5.65 Å². The quantitative estimate of drug-likeness (QED) is 0.675. The topological polar surface area (TPSA) is 49.6 Å². The summed E-state index contributed by atoms with van der Waals surface area (Å²) < 4.78 is 16.3. The minimum atomic E-state index is -0.473. The molecule has 27 heavy (non-hydrogen) atoms. The minimum Gasteiger partial charge on any atom is -0.355 e. The van der Waals surface area contributed by atoms with Gasteiger partial charge in [0.15, 0.2) is 0 Å². The first kappa shape index (κ1) is 19.3. The number of nitrogens with one attached hydrogen (secondary N) is 1. The lowest BCUT2D eigenvalue weighted by atomic mass is 9.92. The highest BCUT2D eigenvalue weighted by Gasteiger charge is 2.24. The third-order valence-corrected chi connectivity index (χ3v) is 4.63. The fourth-order valence-corrected chi connectivity index (χ4v) is 3.20. The molecular weight excluding hydrogens is 367 g/mol. The number of carbonyl (C=O) groups excluding carboxylic acids is 1. The van der Waals surface area contributed by atoms with E-state index in [0.29, 0.717) is 22.8 Å². The summed E-state index contributed by atoms with van der Waals surface area (Å²) >= 11 is 6.13. The van der Waals surface area contributed by atoms with Crippen LogP contribution in [0.1, 0.15) is 23.6 Å². The largest absolute Gasteiger partial charge is 0.355 e. The Labute approximate surface area is 162 Å². The lowest BCUT2D eigenvalue weighted by Gasteiger charge is -2.18. The number of pyridine rings is 1. The maximum Gasteiger partial charge on any atom is 0.221 e. The van der Waals surface area contributed by atoms with Gasteiger partial charge in [-0.1, -0.05) is 29.8 Å². The first-order valence-corrected chi connectivity index (χ1v) is 9.12.